The fourth-order valence-corrected chi connectivity index (χ4v) is 5.35. The van der Waals surface area contributed by atoms with E-state index in [0.29, 0.717) is 17.3 Å². The van der Waals surface area contributed by atoms with Crippen molar-refractivity contribution in [3.05, 3.63) is 17.0 Å². The van der Waals surface area contributed by atoms with Gasteiger partial charge >= 0.3 is 0 Å². The highest BCUT2D eigenvalue weighted by molar-refractivity contribution is 7.91. The fraction of sp³-hybridized carbons (Fsp3) is 0.615. The molecule has 1 saturated heterocycles. The van der Waals surface area contributed by atoms with Crippen LogP contribution < -0.4 is 5.32 Å². The molecule has 2 rings (SSSR count). The van der Waals surface area contributed by atoms with E-state index in [0.717, 1.165) is 24.1 Å². The van der Waals surface area contributed by atoms with Gasteiger partial charge < -0.3 is 5.32 Å². The third kappa shape index (κ3) is 3.39. The molecule has 1 fully saturated rings. The van der Waals surface area contributed by atoms with E-state index in [2.05, 4.69) is 5.32 Å². The summed E-state index contributed by atoms with van der Waals surface area (Å²) in [7, 11) is -3.42. The largest absolute Gasteiger partial charge is 0.352 e. The number of carbonyl (C=O) groups excluding carboxylic acids is 1. The van der Waals surface area contributed by atoms with Gasteiger partial charge in [0, 0.05) is 30.9 Å². The molecule has 0 aromatic carbocycles. The second-order valence-corrected chi connectivity index (χ2v) is 8.31. The van der Waals surface area contributed by atoms with Gasteiger partial charge in [0.1, 0.15) is 4.21 Å². The van der Waals surface area contributed by atoms with Gasteiger partial charge in [0.25, 0.3) is 10.0 Å². The van der Waals surface area contributed by atoms with E-state index < -0.39 is 10.0 Å². The SMILES string of the molecule is CCc1ccc(S(=O)(=O)N2CCCC(NC(C)=O)C2)s1. The number of piperidine rings is 1. The highest BCUT2D eigenvalue weighted by Crippen LogP contribution is 2.27. The van der Waals surface area contributed by atoms with Crippen LogP contribution in [0.25, 0.3) is 0 Å². The molecule has 1 aliphatic heterocycles. The maximum Gasteiger partial charge on any atom is 0.252 e. The summed E-state index contributed by atoms with van der Waals surface area (Å²) in [5, 5.41) is 2.81. The maximum absolute atomic E-state index is 12.6. The van der Waals surface area contributed by atoms with Crippen LogP contribution in [0, 0.1) is 0 Å². The first-order valence-corrected chi connectivity index (χ1v) is 9.05. The molecule has 1 atom stereocenters. The summed E-state index contributed by atoms with van der Waals surface area (Å²) in [6.45, 7) is 4.36. The average molecular weight is 316 g/mol. The summed E-state index contributed by atoms with van der Waals surface area (Å²) < 4.78 is 27.0. The van der Waals surface area contributed by atoms with Gasteiger partial charge in [-0.3, -0.25) is 4.79 Å². The van der Waals surface area contributed by atoms with Crippen molar-refractivity contribution >= 4 is 27.3 Å². The van der Waals surface area contributed by atoms with E-state index in [-0.39, 0.29) is 11.9 Å². The van der Waals surface area contributed by atoms with Crippen LogP contribution in [-0.4, -0.2) is 37.8 Å². The molecular weight excluding hydrogens is 296 g/mol. The zero-order valence-electron chi connectivity index (χ0n) is 11.8. The fourth-order valence-electron chi connectivity index (χ4n) is 2.38. The predicted molar refractivity (Wildman–Crippen MR) is 79.3 cm³/mol. The Morgan fingerprint density at radius 3 is 2.85 bits per heavy atom. The molecule has 1 unspecified atom stereocenters. The van der Waals surface area contributed by atoms with Gasteiger partial charge in [-0.2, -0.15) is 4.31 Å². The number of sulfonamides is 1. The van der Waals surface area contributed by atoms with Crippen LogP contribution in [0.4, 0.5) is 0 Å². The second kappa shape index (κ2) is 6.24. The van der Waals surface area contributed by atoms with Gasteiger partial charge in [0.2, 0.25) is 5.91 Å². The molecule has 0 aliphatic carbocycles. The number of nitrogens with zero attached hydrogens (tertiary/aromatic N) is 1. The third-order valence-corrected chi connectivity index (χ3v) is 6.93. The lowest BCUT2D eigenvalue weighted by Gasteiger charge is -2.31. The predicted octanol–water partition coefficient (Wildman–Crippen LogP) is 1.60. The van der Waals surface area contributed by atoms with E-state index in [1.165, 1.54) is 22.6 Å². The lowest BCUT2D eigenvalue weighted by atomic mass is 10.1. The molecule has 1 amide bonds. The van der Waals surface area contributed by atoms with Gasteiger partial charge in [-0.25, -0.2) is 8.42 Å². The highest BCUT2D eigenvalue weighted by atomic mass is 32.2. The second-order valence-electron chi connectivity index (χ2n) is 4.98. The van der Waals surface area contributed by atoms with E-state index in [1.807, 2.05) is 13.0 Å². The monoisotopic (exact) mass is 316 g/mol. The molecule has 0 radical (unpaired) electrons. The highest BCUT2D eigenvalue weighted by Gasteiger charge is 2.31. The summed E-state index contributed by atoms with van der Waals surface area (Å²) >= 11 is 1.33. The molecular formula is C13H20N2O3S2. The summed E-state index contributed by atoms with van der Waals surface area (Å²) in [5.74, 6) is -0.112. The molecule has 2 heterocycles. The Balaban J connectivity index is 2.14. The van der Waals surface area contributed by atoms with Crippen LogP contribution in [0.2, 0.25) is 0 Å². The number of rotatable bonds is 4. The first-order valence-electron chi connectivity index (χ1n) is 6.79. The van der Waals surface area contributed by atoms with Gasteiger partial charge in [0.05, 0.1) is 0 Å². The van der Waals surface area contributed by atoms with Gasteiger partial charge in [-0.05, 0) is 31.4 Å². The minimum Gasteiger partial charge on any atom is -0.352 e. The van der Waals surface area contributed by atoms with Crippen molar-refractivity contribution in [2.24, 2.45) is 0 Å². The van der Waals surface area contributed by atoms with Crippen molar-refractivity contribution in [3.8, 4) is 0 Å². The van der Waals surface area contributed by atoms with Crippen molar-refractivity contribution < 1.29 is 13.2 Å². The molecule has 20 heavy (non-hydrogen) atoms. The topological polar surface area (TPSA) is 66.5 Å². The number of amides is 1. The van der Waals surface area contributed by atoms with E-state index in [1.54, 1.807) is 6.07 Å². The van der Waals surface area contributed by atoms with Gasteiger partial charge in [-0.1, -0.05) is 6.92 Å². The first-order chi connectivity index (χ1) is 9.43. The smallest absolute Gasteiger partial charge is 0.252 e. The van der Waals surface area contributed by atoms with Crippen molar-refractivity contribution in [3.63, 3.8) is 0 Å². The summed E-state index contributed by atoms with van der Waals surface area (Å²) in [4.78, 5) is 12.2. The quantitative estimate of drug-likeness (QED) is 0.917. The van der Waals surface area contributed by atoms with Gasteiger partial charge in [-0.15, -0.1) is 11.3 Å². The van der Waals surface area contributed by atoms with Crippen LogP contribution in [0.5, 0.6) is 0 Å². The summed E-state index contributed by atoms with van der Waals surface area (Å²) in [6, 6.07) is 3.47. The Labute approximate surface area is 124 Å². The zero-order valence-corrected chi connectivity index (χ0v) is 13.4. The van der Waals surface area contributed by atoms with Crippen LogP contribution in [0.15, 0.2) is 16.3 Å². The number of carbonyl (C=O) groups is 1. The minimum absolute atomic E-state index is 0.0818. The molecule has 5 nitrogen and oxygen atoms in total. The van der Waals surface area contributed by atoms with Gasteiger partial charge in [0.15, 0.2) is 0 Å². The van der Waals surface area contributed by atoms with E-state index in [4.69, 9.17) is 0 Å². The van der Waals surface area contributed by atoms with Crippen LogP contribution in [0.1, 0.15) is 31.6 Å². The minimum atomic E-state index is -3.42. The molecule has 7 heteroatoms. The van der Waals surface area contributed by atoms with Crippen LogP contribution in [-0.2, 0) is 21.2 Å². The van der Waals surface area contributed by atoms with Crippen molar-refractivity contribution in [1.82, 2.24) is 9.62 Å². The molecule has 1 N–H and O–H groups in total. The van der Waals surface area contributed by atoms with Crippen molar-refractivity contribution in [2.45, 2.75) is 43.4 Å². The van der Waals surface area contributed by atoms with E-state index in [9.17, 15) is 13.2 Å². The Kier molecular flexibility index (Phi) is 4.82. The average Bonchev–Trinajstić information content (AvgIpc) is 2.87. The molecule has 112 valence electrons. The number of thiophene rings is 1. The molecule has 1 aromatic heterocycles. The standard InChI is InChI=1S/C13H20N2O3S2/c1-3-12-6-7-13(19-12)20(17,18)15-8-4-5-11(9-15)14-10(2)16/h6-7,11H,3-5,8-9H2,1-2H3,(H,14,16). The Hall–Kier alpha value is -0.920. The third-order valence-electron chi connectivity index (χ3n) is 3.37. The normalized spacial score (nSPS) is 20.8. The van der Waals surface area contributed by atoms with E-state index >= 15 is 0 Å². The number of aryl methyl sites for hydroxylation is 1. The van der Waals surface area contributed by atoms with Crippen molar-refractivity contribution in [2.75, 3.05) is 13.1 Å². The van der Waals surface area contributed by atoms with Crippen molar-refractivity contribution in [1.29, 1.82) is 0 Å². The molecule has 0 saturated carbocycles. The molecule has 1 aromatic rings. The first kappa shape index (κ1) is 15.5. The summed E-state index contributed by atoms with van der Waals surface area (Å²) in [5.41, 5.74) is 0. The zero-order chi connectivity index (χ0) is 14.8. The maximum atomic E-state index is 12.6. The number of nitrogens with one attached hydrogen (secondary N) is 1. The van der Waals surface area contributed by atoms with Crippen LogP contribution in [0.3, 0.4) is 0 Å². The molecule has 1 aliphatic rings. The lowest BCUT2D eigenvalue weighted by Crippen LogP contribution is -2.48. The number of hydrogen-bond donors (Lipinski definition) is 1. The Morgan fingerprint density at radius 2 is 2.25 bits per heavy atom. The lowest BCUT2D eigenvalue weighted by molar-refractivity contribution is -0.119. The summed E-state index contributed by atoms with van der Waals surface area (Å²) in [6.07, 6.45) is 2.45. The number of hydrogen-bond acceptors (Lipinski definition) is 4. The Bertz CT molecular complexity index is 580. The Morgan fingerprint density at radius 1 is 1.50 bits per heavy atom. The van der Waals surface area contributed by atoms with Crippen LogP contribution >= 0.6 is 11.3 Å². The molecule has 0 spiro atoms. The molecule has 0 bridgehead atoms.